The third-order valence-corrected chi connectivity index (χ3v) is 13.2. The number of aromatic nitrogens is 4. The molecule has 0 aliphatic rings. The van der Waals surface area contributed by atoms with Crippen molar-refractivity contribution < 1.29 is 0 Å². The highest BCUT2D eigenvalue weighted by Gasteiger charge is 2.45. The van der Waals surface area contributed by atoms with Gasteiger partial charge in [-0.15, -0.1) is 0 Å². The topological polar surface area (TPSA) is 58.5 Å². The number of anilines is 2. The van der Waals surface area contributed by atoms with Gasteiger partial charge < -0.3 is 14.5 Å². The second-order valence-corrected chi connectivity index (χ2v) is 14.6. The molecule has 5 nitrogen and oxygen atoms in total. The van der Waals surface area contributed by atoms with Crippen molar-refractivity contribution in [2.24, 2.45) is 0 Å². The first kappa shape index (κ1) is 19.7. The Labute approximate surface area is 173 Å². The second kappa shape index (κ2) is 7.33. The van der Waals surface area contributed by atoms with Crippen LogP contribution in [0, 0.1) is 0 Å². The molecule has 4 heterocycles. The van der Waals surface area contributed by atoms with Gasteiger partial charge >= 0.3 is 0 Å². The lowest BCUT2D eigenvalue weighted by Gasteiger charge is -2.44. The Bertz CT molecular complexity index is 1120. The van der Waals surface area contributed by atoms with E-state index in [1.54, 1.807) is 0 Å². The van der Waals surface area contributed by atoms with Crippen LogP contribution in [0.2, 0.25) is 16.6 Å². The van der Waals surface area contributed by atoms with Crippen molar-refractivity contribution in [3.05, 3.63) is 48.9 Å². The fourth-order valence-corrected chi connectivity index (χ4v) is 12.0. The summed E-state index contributed by atoms with van der Waals surface area (Å²) in [6.07, 6.45) is 6.09. The van der Waals surface area contributed by atoms with Crippen molar-refractivity contribution in [2.75, 3.05) is 5.32 Å². The maximum atomic E-state index is 4.75. The van der Waals surface area contributed by atoms with Crippen molar-refractivity contribution in [1.82, 2.24) is 19.2 Å². The molecule has 0 aliphatic carbocycles. The standard InChI is InChI=1S/C23H31N5Si/c1-15(2)29(16(3)4,17(5)6)28-12-10-20-21(28)13-19(14-25-20)26-22-8-7-18-9-11-24-23(18)27-22/h7-17H,1-6H3,(H2,24,26,27). The Kier molecular flexibility index (Phi) is 4.98. The van der Waals surface area contributed by atoms with E-state index in [-0.39, 0.29) is 0 Å². The van der Waals surface area contributed by atoms with Gasteiger partial charge in [-0.3, -0.25) is 4.98 Å². The molecule has 0 spiro atoms. The summed E-state index contributed by atoms with van der Waals surface area (Å²) < 4.78 is 2.60. The highest BCUT2D eigenvalue weighted by Crippen LogP contribution is 2.44. The van der Waals surface area contributed by atoms with Crippen LogP contribution in [-0.4, -0.2) is 27.4 Å². The molecule has 0 amide bonds. The smallest absolute Gasteiger partial charge is 0.169 e. The van der Waals surface area contributed by atoms with Crippen LogP contribution in [0.15, 0.2) is 48.9 Å². The lowest BCUT2D eigenvalue weighted by Crippen LogP contribution is -2.51. The van der Waals surface area contributed by atoms with Crippen LogP contribution in [0.25, 0.3) is 22.1 Å². The van der Waals surface area contributed by atoms with E-state index in [1.807, 2.05) is 24.5 Å². The summed E-state index contributed by atoms with van der Waals surface area (Å²) in [4.78, 5) is 12.6. The minimum Gasteiger partial charge on any atom is -0.372 e. The average Bonchev–Trinajstić information content (AvgIpc) is 3.28. The molecule has 4 rings (SSSR count). The van der Waals surface area contributed by atoms with E-state index in [9.17, 15) is 0 Å². The largest absolute Gasteiger partial charge is 0.372 e. The molecule has 6 heteroatoms. The summed E-state index contributed by atoms with van der Waals surface area (Å²) in [6.45, 7) is 14.4. The molecule has 4 aromatic heterocycles. The van der Waals surface area contributed by atoms with Gasteiger partial charge in [0, 0.05) is 11.6 Å². The van der Waals surface area contributed by atoms with Gasteiger partial charge in [-0.25, -0.2) is 4.98 Å². The minimum atomic E-state index is -1.83. The Hall–Kier alpha value is -2.60. The quantitative estimate of drug-likeness (QED) is 0.352. The Morgan fingerprint density at radius 3 is 2.38 bits per heavy atom. The van der Waals surface area contributed by atoms with E-state index in [0.717, 1.165) is 28.1 Å². The molecule has 2 N–H and O–H groups in total. The molecule has 0 atom stereocenters. The molecular weight excluding hydrogens is 374 g/mol. The van der Waals surface area contributed by atoms with Gasteiger partial charge in [0.1, 0.15) is 11.5 Å². The van der Waals surface area contributed by atoms with Gasteiger partial charge in [0.15, 0.2) is 8.24 Å². The lowest BCUT2D eigenvalue weighted by atomic mass is 10.3. The molecule has 29 heavy (non-hydrogen) atoms. The van der Waals surface area contributed by atoms with Gasteiger partial charge in [0.25, 0.3) is 0 Å². The van der Waals surface area contributed by atoms with Crippen LogP contribution < -0.4 is 5.32 Å². The first-order valence-corrected chi connectivity index (χ1v) is 12.7. The summed E-state index contributed by atoms with van der Waals surface area (Å²) in [5.41, 5.74) is 6.03. The summed E-state index contributed by atoms with van der Waals surface area (Å²) in [7, 11) is -1.83. The maximum Gasteiger partial charge on any atom is 0.169 e. The summed E-state index contributed by atoms with van der Waals surface area (Å²) in [6, 6.07) is 10.5. The molecule has 0 aliphatic heterocycles. The Morgan fingerprint density at radius 1 is 0.966 bits per heavy atom. The van der Waals surface area contributed by atoms with Crippen molar-refractivity contribution >= 4 is 41.8 Å². The molecule has 0 saturated carbocycles. The van der Waals surface area contributed by atoms with Gasteiger partial charge in [0.2, 0.25) is 0 Å². The average molecular weight is 406 g/mol. The van der Waals surface area contributed by atoms with Gasteiger partial charge in [-0.2, -0.15) is 0 Å². The van der Waals surface area contributed by atoms with E-state index in [1.165, 1.54) is 5.52 Å². The van der Waals surface area contributed by atoms with Crippen LogP contribution in [0.3, 0.4) is 0 Å². The van der Waals surface area contributed by atoms with Crippen molar-refractivity contribution in [3.63, 3.8) is 0 Å². The summed E-state index contributed by atoms with van der Waals surface area (Å²) >= 11 is 0. The van der Waals surface area contributed by atoms with Gasteiger partial charge in [-0.1, -0.05) is 41.5 Å². The van der Waals surface area contributed by atoms with Crippen LogP contribution >= 0.6 is 0 Å². The molecule has 0 bridgehead atoms. The highest BCUT2D eigenvalue weighted by atomic mass is 28.3. The third-order valence-electron chi connectivity index (χ3n) is 6.41. The molecule has 0 unspecified atom stereocenters. The second-order valence-electron chi connectivity index (χ2n) is 8.90. The zero-order valence-electron chi connectivity index (χ0n) is 18.2. The van der Waals surface area contributed by atoms with Crippen LogP contribution in [-0.2, 0) is 0 Å². The third kappa shape index (κ3) is 3.15. The number of pyridine rings is 2. The first-order chi connectivity index (χ1) is 13.8. The summed E-state index contributed by atoms with van der Waals surface area (Å²) in [5.74, 6) is 0.819. The van der Waals surface area contributed by atoms with E-state index in [0.29, 0.717) is 16.6 Å². The monoisotopic (exact) mass is 405 g/mol. The minimum absolute atomic E-state index is 0.631. The van der Waals surface area contributed by atoms with E-state index < -0.39 is 8.24 Å². The molecule has 0 saturated heterocycles. The number of aromatic amines is 1. The number of nitrogens with one attached hydrogen (secondary N) is 2. The van der Waals surface area contributed by atoms with Crippen molar-refractivity contribution in [3.8, 4) is 0 Å². The Balaban J connectivity index is 1.79. The normalized spacial score (nSPS) is 12.7. The van der Waals surface area contributed by atoms with Crippen LogP contribution in [0.1, 0.15) is 41.5 Å². The number of nitrogens with zero attached hydrogens (tertiary/aromatic N) is 3. The fraction of sp³-hybridized carbons (Fsp3) is 0.391. The number of hydrogen-bond acceptors (Lipinski definition) is 3. The molecular formula is C23H31N5Si. The lowest BCUT2D eigenvalue weighted by molar-refractivity contribution is 0.773. The molecule has 0 radical (unpaired) electrons. The van der Waals surface area contributed by atoms with Crippen molar-refractivity contribution in [2.45, 2.75) is 58.2 Å². The first-order valence-electron chi connectivity index (χ1n) is 10.5. The molecule has 4 aromatic rings. The zero-order chi connectivity index (χ0) is 20.8. The predicted octanol–water partition coefficient (Wildman–Crippen LogP) is 6.68. The van der Waals surface area contributed by atoms with Gasteiger partial charge in [0.05, 0.1) is 22.9 Å². The van der Waals surface area contributed by atoms with Gasteiger partial charge in [-0.05, 0) is 53.2 Å². The molecule has 152 valence electrons. The zero-order valence-corrected chi connectivity index (χ0v) is 19.2. The summed E-state index contributed by atoms with van der Waals surface area (Å²) in [5, 5.41) is 4.55. The van der Waals surface area contributed by atoms with E-state index >= 15 is 0 Å². The number of hydrogen-bond donors (Lipinski definition) is 2. The van der Waals surface area contributed by atoms with Crippen LogP contribution in [0.5, 0.6) is 0 Å². The molecule has 0 aromatic carbocycles. The van der Waals surface area contributed by atoms with E-state index in [4.69, 9.17) is 4.98 Å². The number of fused-ring (bicyclic) bond motifs is 2. The SMILES string of the molecule is CC(C)[Si](C(C)C)(C(C)C)n1ccc2ncc(Nc3ccc4cc[nH]c4n3)cc21. The molecule has 0 fully saturated rings. The number of H-pyrrole nitrogens is 1. The van der Waals surface area contributed by atoms with Crippen LogP contribution in [0.4, 0.5) is 11.5 Å². The fourth-order valence-electron chi connectivity index (χ4n) is 5.40. The van der Waals surface area contributed by atoms with E-state index in [2.05, 4.69) is 85.5 Å². The predicted molar refractivity (Wildman–Crippen MR) is 126 cm³/mol. The highest BCUT2D eigenvalue weighted by molar-refractivity contribution is 6.82. The number of rotatable bonds is 6. The van der Waals surface area contributed by atoms with Crippen molar-refractivity contribution in [1.29, 1.82) is 0 Å². The maximum absolute atomic E-state index is 4.75. The Morgan fingerprint density at radius 2 is 1.69 bits per heavy atom.